The molecule has 0 heterocycles. The molecule has 0 aliphatic carbocycles. The third-order valence-corrected chi connectivity index (χ3v) is 4.21. The van der Waals surface area contributed by atoms with Crippen LogP contribution in [-0.4, -0.2) is 7.42 Å². The number of rotatable bonds is 1. The van der Waals surface area contributed by atoms with Crippen LogP contribution in [0.25, 0.3) is 0 Å². The average Bonchev–Trinajstić information content (AvgIpc) is 2.14. The Balaban J connectivity index is 3.40. The van der Waals surface area contributed by atoms with Crippen molar-refractivity contribution in [3.63, 3.8) is 0 Å². The largest absolute Gasteiger partial charge is 0.416 e. The molecule has 96 valence electrons. The quantitative estimate of drug-likeness (QED) is 0.422. The van der Waals surface area contributed by atoms with Crippen molar-refractivity contribution in [2.45, 2.75) is 12.4 Å². The van der Waals surface area contributed by atoms with E-state index in [1.807, 2.05) is 0 Å². The predicted molar refractivity (Wildman–Crippen MR) is 54.9 cm³/mol. The molecule has 0 unspecified atom stereocenters. The third-order valence-electron chi connectivity index (χ3n) is 1.86. The van der Waals surface area contributed by atoms with Crippen molar-refractivity contribution >= 4 is 34.8 Å². The molecule has 1 aromatic carbocycles. The van der Waals surface area contributed by atoms with Gasteiger partial charge in [-0.25, -0.2) is 0 Å². The Morgan fingerprint density at radius 1 is 0.765 bits per heavy atom. The molecule has 0 N–H and O–H groups in total. The summed E-state index contributed by atoms with van der Waals surface area (Å²) in [6, 6.07) is 1.13. The number of benzene rings is 1. The Morgan fingerprint density at radius 2 is 1.12 bits per heavy atom. The monoisotopic (exact) mass is 312 g/mol. The fraction of sp³-hybridized carbons (Fsp3) is 0.250. The Kier molecular flexibility index (Phi) is 4.05. The lowest BCUT2D eigenvalue weighted by molar-refractivity contribution is -0.142. The SMILES string of the molecule is FC(F)(F)c1cc([SiH](Cl)Cl)cc(C(F)(F)F)c1. The van der Waals surface area contributed by atoms with Crippen molar-refractivity contribution in [2.75, 3.05) is 0 Å². The van der Waals surface area contributed by atoms with Gasteiger partial charge in [0.1, 0.15) is 0 Å². The van der Waals surface area contributed by atoms with E-state index in [2.05, 4.69) is 0 Å². The topological polar surface area (TPSA) is 0 Å². The first-order valence-corrected chi connectivity index (χ1v) is 8.16. The zero-order valence-electron chi connectivity index (χ0n) is 7.83. The van der Waals surface area contributed by atoms with Gasteiger partial charge in [0, 0.05) is 0 Å². The molecule has 17 heavy (non-hydrogen) atoms. The molecule has 9 heteroatoms. The van der Waals surface area contributed by atoms with Crippen LogP contribution in [0.1, 0.15) is 11.1 Å². The molecule has 0 amide bonds. The van der Waals surface area contributed by atoms with Gasteiger partial charge in [0.05, 0.1) is 11.1 Å². The molecule has 0 nitrogen and oxygen atoms in total. The summed E-state index contributed by atoms with van der Waals surface area (Å²) in [4.78, 5) is 0. The van der Waals surface area contributed by atoms with Gasteiger partial charge >= 0.3 is 12.4 Å². The minimum Gasteiger partial charge on any atom is -0.166 e. The number of hydrogen-bond donors (Lipinski definition) is 0. The van der Waals surface area contributed by atoms with E-state index in [0.717, 1.165) is 0 Å². The molecule has 0 aliphatic heterocycles. The van der Waals surface area contributed by atoms with Crippen LogP contribution in [0.4, 0.5) is 26.3 Å². The standard InChI is InChI=1S/C8H4Cl2F6Si/c9-17(10)6-2-4(7(11,12)13)1-5(3-6)8(14,15)16/h1-3,17H. The molecule has 0 aromatic heterocycles. The third kappa shape index (κ3) is 3.79. The summed E-state index contributed by atoms with van der Waals surface area (Å²) in [5, 5.41) is -0.310. The fourth-order valence-corrected chi connectivity index (χ4v) is 2.47. The molecule has 0 bridgehead atoms. The predicted octanol–water partition coefficient (Wildman–Crippen LogP) is 3.63. The number of hydrogen-bond acceptors (Lipinski definition) is 0. The van der Waals surface area contributed by atoms with Gasteiger partial charge in [-0.05, 0) is 23.4 Å². The molecular formula is C8H4Cl2F6Si. The van der Waals surface area contributed by atoms with Crippen LogP contribution in [0, 0.1) is 0 Å². The van der Waals surface area contributed by atoms with Gasteiger partial charge < -0.3 is 0 Å². The Labute approximate surface area is 103 Å². The van der Waals surface area contributed by atoms with Gasteiger partial charge in [-0.2, -0.15) is 26.3 Å². The van der Waals surface area contributed by atoms with Crippen LogP contribution in [0.2, 0.25) is 0 Å². The zero-order valence-corrected chi connectivity index (χ0v) is 10.5. The first-order valence-electron chi connectivity index (χ1n) is 4.09. The van der Waals surface area contributed by atoms with E-state index in [-0.39, 0.29) is 11.3 Å². The molecule has 0 aliphatic rings. The summed E-state index contributed by atoms with van der Waals surface area (Å²) in [6.45, 7) is 0. The van der Waals surface area contributed by atoms with Crippen molar-refractivity contribution < 1.29 is 26.3 Å². The van der Waals surface area contributed by atoms with Crippen LogP contribution in [-0.2, 0) is 12.4 Å². The summed E-state index contributed by atoms with van der Waals surface area (Å²) < 4.78 is 74.2. The minimum absolute atomic E-state index is 0.0358. The van der Waals surface area contributed by atoms with Crippen molar-refractivity contribution in [1.29, 1.82) is 0 Å². The van der Waals surface area contributed by atoms with E-state index >= 15 is 0 Å². The van der Waals surface area contributed by atoms with Gasteiger partial charge in [-0.1, -0.05) is 0 Å². The second-order valence-corrected chi connectivity index (χ2v) is 7.70. The molecule has 0 atom stereocenters. The molecule has 0 saturated heterocycles. The van der Waals surface area contributed by atoms with Crippen molar-refractivity contribution in [3.8, 4) is 0 Å². The molecule has 1 rings (SSSR count). The van der Waals surface area contributed by atoms with Crippen LogP contribution in [0.5, 0.6) is 0 Å². The maximum absolute atomic E-state index is 12.4. The second kappa shape index (κ2) is 4.70. The average molecular weight is 313 g/mol. The summed E-state index contributed by atoms with van der Waals surface area (Å²) in [5.74, 6) is 0. The fourth-order valence-electron chi connectivity index (χ4n) is 1.10. The summed E-state index contributed by atoms with van der Waals surface area (Å²) >= 11 is 10.8. The highest BCUT2D eigenvalue weighted by Crippen LogP contribution is 2.34. The lowest BCUT2D eigenvalue weighted by Crippen LogP contribution is -2.24. The van der Waals surface area contributed by atoms with E-state index in [1.54, 1.807) is 0 Å². The van der Waals surface area contributed by atoms with Gasteiger partial charge in [0.15, 0.2) is 0 Å². The highest BCUT2D eigenvalue weighted by Gasteiger charge is 2.37. The highest BCUT2D eigenvalue weighted by atomic mass is 35.7. The van der Waals surface area contributed by atoms with Crippen LogP contribution in [0.3, 0.4) is 0 Å². The lowest BCUT2D eigenvalue weighted by atomic mass is 10.1. The molecule has 1 aromatic rings. The van der Waals surface area contributed by atoms with Gasteiger partial charge in [0.25, 0.3) is 7.42 Å². The van der Waals surface area contributed by atoms with Crippen molar-refractivity contribution in [3.05, 3.63) is 29.3 Å². The minimum atomic E-state index is -4.87. The lowest BCUT2D eigenvalue weighted by Gasteiger charge is -2.14. The number of halogens is 8. The first-order chi connectivity index (χ1) is 7.51. The van der Waals surface area contributed by atoms with E-state index in [9.17, 15) is 26.3 Å². The second-order valence-electron chi connectivity index (χ2n) is 3.14. The Morgan fingerprint density at radius 3 is 1.35 bits per heavy atom. The van der Waals surface area contributed by atoms with Crippen LogP contribution in [0.15, 0.2) is 18.2 Å². The summed E-state index contributed by atoms with van der Waals surface area (Å²) in [7, 11) is -2.78. The van der Waals surface area contributed by atoms with Gasteiger partial charge in [-0.15, -0.1) is 22.2 Å². The smallest absolute Gasteiger partial charge is 0.166 e. The molecule has 0 radical (unpaired) electrons. The van der Waals surface area contributed by atoms with E-state index < -0.39 is 30.9 Å². The Bertz CT molecular complexity index is 379. The van der Waals surface area contributed by atoms with E-state index in [4.69, 9.17) is 22.2 Å². The first kappa shape index (κ1) is 14.7. The molecule has 0 spiro atoms. The van der Waals surface area contributed by atoms with Crippen LogP contribution >= 0.6 is 22.2 Å². The zero-order chi connectivity index (χ0) is 13.4. The maximum Gasteiger partial charge on any atom is 0.416 e. The van der Waals surface area contributed by atoms with Crippen molar-refractivity contribution in [2.24, 2.45) is 0 Å². The van der Waals surface area contributed by atoms with Crippen LogP contribution < -0.4 is 5.19 Å². The highest BCUT2D eigenvalue weighted by molar-refractivity contribution is 7.39. The number of alkyl halides is 6. The van der Waals surface area contributed by atoms with E-state index in [0.29, 0.717) is 12.1 Å². The van der Waals surface area contributed by atoms with Crippen molar-refractivity contribution in [1.82, 2.24) is 0 Å². The molecular weight excluding hydrogens is 309 g/mol. The maximum atomic E-state index is 12.4. The summed E-state index contributed by atoms with van der Waals surface area (Å²) in [5.41, 5.74) is -2.80. The molecule has 0 saturated carbocycles. The van der Waals surface area contributed by atoms with Gasteiger partial charge in [0.2, 0.25) is 0 Å². The van der Waals surface area contributed by atoms with E-state index in [1.165, 1.54) is 0 Å². The Hall–Kier alpha value is -0.403. The summed E-state index contributed by atoms with van der Waals surface area (Å²) in [6.07, 6.45) is -9.74. The normalized spacial score (nSPS) is 13.2. The van der Waals surface area contributed by atoms with Gasteiger partial charge in [-0.3, -0.25) is 0 Å². The molecule has 0 fully saturated rings.